The first-order chi connectivity index (χ1) is 21.0. The van der Waals surface area contributed by atoms with Crippen LogP contribution in [0.15, 0.2) is 136 Å². The van der Waals surface area contributed by atoms with Crippen LogP contribution in [0.5, 0.6) is 0 Å². The van der Waals surface area contributed by atoms with Gasteiger partial charge in [-0.25, -0.2) is 9.59 Å². The zero-order valence-corrected chi connectivity index (χ0v) is 27.2. The summed E-state index contributed by atoms with van der Waals surface area (Å²) >= 11 is 1.56. The molecule has 0 saturated heterocycles. The smallest absolute Gasteiger partial charge is 0.289 e. The van der Waals surface area contributed by atoms with Crippen LogP contribution in [0.25, 0.3) is 0 Å². The first-order valence-electron chi connectivity index (χ1n) is 14.5. The Labute approximate surface area is 267 Å². The molecule has 0 saturated carbocycles. The first kappa shape index (κ1) is 31.2. The van der Waals surface area contributed by atoms with Crippen molar-refractivity contribution < 1.29 is 14.4 Å². The molecule has 0 atom stereocenters. The van der Waals surface area contributed by atoms with E-state index in [2.05, 4.69) is 20.8 Å². The number of hydrogen-bond acceptors (Lipinski definition) is 4. The Kier molecular flexibility index (Phi) is 9.38. The maximum absolute atomic E-state index is 13.7. The van der Waals surface area contributed by atoms with Gasteiger partial charge in [0.25, 0.3) is 0 Å². The van der Waals surface area contributed by atoms with Crippen LogP contribution in [0.3, 0.4) is 0 Å². The molecule has 0 heterocycles. The van der Waals surface area contributed by atoms with Gasteiger partial charge in [0.15, 0.2) is 21.6 Å². The van der Waals surface area contributed by atoms with Crippen LogP contribution in [-0.2, 0) is 16.3 Å². The van der Waals surface area contributed by atoms with E-state index in [1.807, 2.05) is 111 Å². The van der Waals surface area contributed by atoms with E-state index in [1.165, 1.54) is 5.56 Å². The Balaban J connectivity index is 1.34. The topological polar surface area (TPSA) is 51.2 Å². The van der Waals surface area contributed by atoms with Crippen LogP contribution in [0.1, 0.15) is 74.1 Å². The minimum Gasteiger partial charge on any atom is -0.289 e. The Morgan fingerprint density at radius 1 is 0.500 bits per heavy atom. The second-order valence-corrected chi connectivity index (χ2v) is 14.8. The molecule has 0 fully saturated rings. The summed E-state index contributed by atoms with van der Waals surface area (Å²) in [6.07, 6.45) is 0. The molecule has 0 radical (unpaired) electrons. The van der Waals surface area contributed by atoms with Crippen molar-refractivity contribution in [2.45, 2.75) is 54.7 Å². The molecule has 3 nitrogen and oxygen atoms in total. The van der Waals surface area contributed by atoms with Crippen molar-refractivity contribution in [3.8, 4) is 0 Å². The number of carbonyl (C=O) groups is 3. The Hall–Kier alpha value is -4.19. The molecule has 5 heteroatoms. The van der Waals surface area contributed by atoms with Gasteiger partial charge in [0.1, 0.15) is 0 Å². The highest BCUT2D eigenvalue weighted by Gasteiger charge is 2.42. The van der Waals surface area contributed by atoms with E-state index in [9.17, 15) is 14.4 Å². The number of hydrogen-bond donors (Lipinski definition) is 0. The molecular formula is C39H35O3S2+. The third kappa shape index (κ3) is 7.29. The van der Waals surface area contributed by atoms with Gasteiger partial charge in [-0.2, -0.15) is 0 Å². The largest absolute Gasteiger partial charge is 0.376 e. The summed E-state index contributed by atoms with van der Waals surface area (Å²) in [5, 5.41) is -0.381. The van der Waals surface area contributed by atoms with Crippen LogP contribution in [0.2, 0.25) is 0 Å². The Morgan fingerprint density at radius 2 is 0.864 bits per heavy atom. The Bertz CT molecular complexity index is 1720. The van der Waals surface area contributed by atoms with E-state index < -0.39 is 10.9 Å². The van der Waals surface area contributed by atoms with Crippen LogP contribution >= 0.6 is 11.8 Å². The standard InChI is InChI=1S/C39H35O3S2/c1-26-6-10-30(11-7-26)37(41)44(38(42)31-12-8-27(2)9-13-31)35-24-22-34(23-25-35)43-33-20-16-29(17-21-33)36(40)28-14-18-32(19-15-28)39(3,4)5/h6-25H,1-5H3/q+1. The van der Waals surface area contributed by atoms with E-state index in [0.29, 0.717) is 27.1 Å². The summed E-state index contributed by atoms with van der Waals surface area (Å²) in [7, 11) is -1.31. The summed E-state index contributed by atoms with van der Waals surface area (Å²) < 4.78 is 0. The fourth-order valence-corrected chi connectivity index (χ4v) is 7.22. The summed E-state index contributed by atoms with van der Waals surface area (Å²) in [6.45, 7) is 10.4. The second kappa shape index (κ2) is 13.2. The monoisotopic (exact) mass is 615 g/mol. The predicted octanol–water partition coefficient (Wildman–Crippen LogP) is 9.64. The lowest BCUT2D eigenvalue weighted by atomic mass is 9.86. The molecule has 5 aromatic carbocycles. The van der Waals surface area contributed by atoms with E-state index in [0.717, 1.165) is 20.9 Å². The number of carbonyl (C=O) groups excluding carboxylic acids is 3. The molecule has 0 unspecified atom stereocenters. The lowest BCUT2D eigenvalue weighted by Crippen LogP contribution is -2.25. The zero-order valence-electron chi connectivity index (χ0n) is 25.6. The highest BCUT2D eigenvalue weighted by atomic mass is 32.2. The van der Waals surface area contributed by atoms with E-state index in [4.69, 9.17) is 0 Å². The maximum Gasteiger partial charge on any atom is 0.376 e. The van der Waals surface area contributed by atoms with Gasteiger partial charge in [0, 0.05) is 20.9 Å². The Morgan fingerprint density at radius 3 is 1.27 bits per heavy atom. The van der Waals surface area contributed by atoms with Crippen LogP contribution in [-0.4, -0.2) is 16.0 Å². The molecule has 0 spiro atoms. The molecular weight excluding hydrogens is 581 g/mol. The molecule has 0 aromatic heterocycles. The SMILES string of the molecule is Cc1ccc(C(=O)[S+](C(=O)c2ccc(C)cc2)c2ccc(Sc3ccc(C(=O)c4ccc(C(C)(C)C)cc4)cc3)cc2)cc1. The van der Waals surface area contributed by atoms with Gasteiger partial charge in [-0.1, -0.05) is 92.2 Å². The number of benzene rings is 5. The quantitative estimate of drug-likeness (QED) is 0.135. The molecule has 0 bridgehead atoms. The van der Waals surface area contributed by atoms with Crippen molar-refractivity contribution in [1.29, 1.82) is 0 Å². The third-order valence-electron chi connectivity index (χ3n) is 7.37. The van der Waals surface area contributed by atoms with Crippen LogP contribution < -0.4 is 0 Å². The van der Waals surface area contributed by atoms with E-state index >= 15 is 0 Å². The van der Waals surface area contributed by atoms with E-state index in [-0.39, 0.29) is 21.4 Å². The van der Waals surface area contributed by atoms with Gasteiger partial charge in [-0.15, -0.1) is 0 Å². The highest BCUT2D eigenvalue weighted by molar-refractivity contribution is 8.24. The number of rotatable bonds is 7. The molecule has 0 aliphatic rings. The average Bonchev–Trinajstić information content (AvgIpc) is 3.02. The molecule has 0 N–H and O–H groups in total. The molecule has 44 heavy (non-hydrogen) atoms. The maximum atomic E-state index is 13.7. The summed E-state index contributed by atoms with van der Waals surface area (Å²) in [5.41, 5.74) is 5.70. The van der Waals surface area contributed by atoms with Gasteiger partial charge in [0.2, 0.25) is 0 Å². The summed E-state index contributed by atoms with van der Waals surface area (Å²) in [4.78, 5) is 43.2. The van der Waals surface area contributed by atoms with Crippen molar-refractivity contribution >= 4 is 38.7 Å². The molecule has 220 valence electrons. The van der Waals surface area contributed by atoms with Crippen LogP contribution in [0, 0.1) is 13.8 Å². The van der Waals surface area contributed by atoms with Crippen molar-refractivity contribution in [1.82, 2.24) is 0 Å². The third-order valence-corrected chi connectivity index (χ3v) is 10.3. The fraction of sp³-hybridized carbons (Fsp3) is 0.154. The van der Waals surface area contributed by atoms with Gasteiger partial charge >= 0.3 is 10.2 Å². The van der Waals surface area contributed by atoms with Gasteiger partial charge in [0.05, 0.1) is 11.1 Å². The minimum atomic E-state index is -1.31. The number of ketones is 1. The molecule has 0 aliphatic carbocycles. The van der Waals surface area contributed by atoms with Gasteiger partial charge in [-0.3, -0.25) is 4.79 Å². The minimum absolute atomic E-state index is 0.00474. The lowest BCUT2D eigenvalue weighted by molar-refractivity contribution is 0.103. The van der Waals surface area contributed by atoms with Crippen molar-refractivity contribution in [3.63, 3.8) is 0 Å². The van der Waals surface area contributed by atoms with Gasteiger partial charge in [-0.05, 0) is 97.6 Å². The van der Waals surface area contributed by atoms with Crippen molar-refractivity contribution in [2.24, 2.45) is 0 Å². The molecule has 5 rings (SSSR count). The van der Waals surface area contributed by atoms with Crippen LogP contribution in [0.4, 0.5) is 0 Å². The van der Waals surface area contributed by atoms with Crippen molar-refractivity contribution in [2.75, 3.05) is 0 Å². The van der Waals surface area contributed by atoms with Crippen molar-refractivity contribution in [3.05, 3.63) is 160 Å². The normalized spacial score (nSPS) is 11.4. The average molecular weight is 616 g/mol. The fourth-order valence-electron chi connectivity index (χ4n) is 4.66. The molecule has 5 aromatic rings. The molecule has 0 aliphatic heterocycles. The molecule has 0 amide bonds. The summed E-state index contributed by atoms with van der Waals surface area (Å²) in [6, 6.07) is 37.8. The predicted molar refractivity (Wildman–Crippen MR) is 182 cm³/mol. The first-order valence-corrected chi connectivity index (χ1v) is 16.5. The summed E-state index contributed by atoms with van der Waals surface area (Å²) in [5.74, 6) is -0.00474. The number of aryl methyl sites for hydroxylation is 2. The van der Waals surface area contributed by atoms with Gasteiger partial charge < -0.3 is 0 Å². The zero-order chi connectivity index (χ0) is 31.4. The lowest BCUT2D eigenvalue weighted by Gasteiger charge is -2.19. The second-order valence-electron chi connectivity index (χ2n) is 11.9. The highest BCUT2D eigenvalue weighted by Crippen LogP contribution is 2.31. The van der Waals surface area contributed by atoms with E-state index in [1.54, 1.807) is 36.0 Å².